The van der Waals surface area contributed by atoms with Gasteiger partial charge < -0.3 is 9.47 Å². The van der Waals surface area contributed by atoms with Gasteiger partial charge in [0.2, 0.25) is 5.91 Å². The van der Waals surface area contributed by atoms with Crippen LogP contribution in [0.15, 0.2) is 5.16 Å². The minimum absolute atomic E-state index is 0.0527. The number of aromatic nitrogens is 3. The van der Waals surface area contributed by atoms with Crippen LogP contribution in [0, 0.1) is 0 Å². The highest BCUT2D eigenvalue weighted by Gasteiger charge is 2.32. The first-order chi connectivity index (χ1) is 11.0. The first kappa shape index (κ1) is 16.8. The van der Waals surface area contributed by atoms with Crippen LogP contribution in [0.3, 0.4) is 0 Å². The topological polar surface area (TPSA) is 85.2 Å². The van der Waals surface area contributed by atoms with Gasteiger partial charge >= 0.3 is 0 Å². The number of carbonyl (C=O) groups excluding carboxylic acids is 1. The van der Waals surface area contributed by atoms with Gasteiger partial charge in [-0.1, -0.05) is 18.2 Å². The largest absolute Gasteiger partial charge is 0.341 e. The summed E-state index contributed by atoms with van der Waals surface area (Å²) in [7, 11) is -1.28. The summed E-state index contributed by atoms with van der Waals surface area (Å²) in [4.78, 5) is 13.9. The van der Waals surface area contributed by atoms with E-state index < -0.39 is 9.84 Å². The molecule has 1 saturated heterocycles. The van der Waals surface area contributed by atoms with Crippen molar-refractivity contribution in [3.63, 3.8) is 0 Å². The quantitative estimate of drug-likeness (QED) is 0.738. The van der Waals surface area contributed by atoms with Crippen LogP contribution in [0.4, 0.5) is 0 Å². The second-order valence-electron chi connectivity index (χ2n) is 6.21. The molecule has 0 bridgehead atoms. The number of amides is 1. The molecule has 0 unspecified atom stereocenters. The molecular weight excluding hydrogens is 336 g/mol. The number of sulfone groups is 1. The van der Waals surface area contributed by atoms with Crippen molar-refractivity contribution in [2.45, 2.75) is 49.8 Å². The van der Waals surface area contributed by atoms with Gasteiger partial charge in [-0.3, -0.25) is 4.79 Å². The molecule has 7 nitrogen and oxygen atoms in total. The predicted octanol–water partition coefficient (Wildman–Crippen LogP) is 0.742. The van der Waals surface area contributed by atoms with Crippen LogP contribution in [-0.4, -0.2) is 64.3 Å². The van der Waals surface area contributed by atoms with Crippen molar-refractivity contribution in [3.8, 4) is 0 Å². The Balaban J connectivity index is 1.58. The molecule has 0 saturated carbocycles. The van der Waals surface area contributed by atoms with E-state index in [4.69, 9.17) is 0 Å². The fourth-order valence-corrected chi connectivity index (χ4v) is 5.76. The van der Waals surface area contributed by atoms with Gasteiger partial charge in [0, 0.05) is 26.1 Å². The molecule has 2 aliphatic rings. The Morgan fingerprint density at radius 1 is 1.35 bits per heavy atom. The van der Waals surface area contributed by atoms with E-state index in [0.717, 1.165) is 36.8 Å². The summed E-state index contributed by atoms with van der Waals surface area (Å²) in [5.74, 6) is 1.49. The van der Waals surface area contributed by atoms with Crippen molar-refractivity contribution in [2.75, 3.05) is 24.3 Å². The third kappa shape index (κ3) is 3.88. The zero-order valence-corrected chi connectivity index (χ0v) is 14.9. The van der Waals surface area contributed by atoms with Crippen molar-refractivity contribution in [1.29, 1.82) is 0 Å². The summed E-state index contributed by atoms with van der Waals surface area (Å²) < 4.78 is 25.2. The first-order valence-corrected chi connectivity index (χ1v) is 10.8. The third-order valence-corrected chi connectivity index (χ3v) is 7.25. The summed E-state index contributed by atoms with van der Waals surface area (Å²) in [6.07, 6.45) is 4.94. The van der Waals surface area contributed by atoms with Crippen LogP contribution < -0.4 is 0 Å². The molecule has 1 amide bonds. The summed E-state index contributed by atoms with van der Waals surface area (Å²) in [5, 5.41) is 9.22. The fourth-order valence-electron chi connectivity index (χ4n) is 3.08. The molecule has 0 aliphatic carbocycles. The molecular formula is C14H22N4O3S2. The highest BCUT2D eigenvalue weighted by Crippen LogP contribution is 2.23. The molecule has 1 atom stereocenters. The normalized spacial score (nSPS) is 23.3. The second-order valence-corrected chi connectivity index (χ2v) is 9.38. The van der Waals surface area contributed by atoms with E-state index in [0.29, 0.717) is 6.42 Å². The predicted molar refractivity (Wildman–Crippen MR) is 88.1 cm³/mol. The maximum Gasteiger partial charge on any atom is 0.233 e. The van der Waals surface area contributed by atoms with Gasteiger partial charge in [-0.25, -0.2) is 8.42 Å². The second kappa shape index (κ2) is 6.80. The van der Waals surface area contributed by atoms with Gasteiger partial charge in [-0.2, -0.15) is 0 Å². The van der Waals surface area contributed by atoms with Crippen molar-refractivity contribution >= 4 is 27.5 Å². The Hall–Kier alpha value is -1.09. The summed E-state index contributed by atoms with van der Waals surface area (Å²) >= 11 is 1.39. The number of rotatable bonds is 4. The van der Waals surface area contributed by atoms with Crippen LogP contribution in [0.25, 0.3) is 0 Å². The monoisotopic (exact) mass is 358 g/mol. The number of carbonyl (C=O) groups is 1. The lowest BCUT2D eigenvalue weighted by Gasteiger charge is -2.23. The van der Waals surface area contributed by atoms with E-state index in [1.165, 1.54) is 18.2 Å². The SMILES string of the molecule is CN(C(=O)CSc1nnc2n1CCCCC2)[C@@H]1CCS(=O)(=O)C1. The summed E-state index contributed by atoms with van der Waals surface area (Å²) in [6, 6.07) is -0.191. The molecule has 1 fully saturated rings. The lowest BCUT2D eigenvalue weighted by Crippen LogP contribution is -2.38. The Bertz CT molecular complexity index is 686. The lowest BCUT2D eigenvalue weighted by atomic mass is 10.2. The summed E-state index contributed by atoms with van der Waals surface area (Å²) in [6.45, 7) is 0.912. The van der Waals surface area contributed by atoms with Gasteiger partial charge in [0.1, 0.15) is 5.82 Å². The van der Waals surface area contributed by atoms with Crippen LogP contribution in [0.5, 0.6) is 0 Å². The molecule has 3 heterocycles. The molecule has 2 aliphatic heterocycles. The van der Waals surface area contributed by atoms with Crippen LogP contribution in [0.2, 0.25) is 0 Å². The van der Waals surface area contributed by atoms with Gasteiger partial charge in [0.25, 0.3) is 0 Å². The smallest absolute Gasteiger partial charge is 0.233 e. The zero-order valence-electron chi connectivity index (χ0n) is 13.3. The molecule has 128 valence electrons. The van der Waals surface area contributed by atoms with E-state index in [-0.39, 0.29) is 29.2 Å². The molecule has 0 radical (unpaired) electrons. The van der Waals surface area contributed by atoms with Gasteiger partial charge in [-0.05, 0) is 19.3 Å². The molecule has 0 aromatic carbocycles. The number of hydrogen-bond acceptors (Lipinski definition) is 6. The molecule has 3 rings (SSSR count). The number of thioether (sulfide) groups is 1. The van der Waals surface area contributed by atoms with Crippen molar-refractivity contribution in [2.24, 2.45) is 0 Å². The third-order valence-electron chi connectivity index (χ3n) is 4.55. The Morgan fingerprint density at radius 2 is 2.17 bits per heavy atom. The Morgan fingerprint density at radius 3 is 2.91 bits per heavy atom. The van der Waals surface area contributed by atoms with Crippen molar-refractivity contribution < 1.29 is 13.2 Å². The fraction of sp³-hybridized carbons (Fsp3) is 0.786. The average molecular weight is 358 g/mol. The molecule has 1 aromatic rings. The molecule has 9 heteroatoms. The van der Waals surface area contributed by atoms with E-state index in [1.807, 2.05) is 0 Å². The zero-order chi connectivity index (χ0) is 16.4. The molecule has 23 heavy (non-hydrogen) atoms. The average Bonchev–Trinajstić information content (AvgIpc) is 2.98. The van der Waals surface area contributed by atoms with E-state index in [9.17, 15) is 13.2 Å². The van der Waals surface area contributed by atoms with E-state index in [2.05, 4.69) is 14.8 Å². The highest BCUT2D eigenvalue weighted by atomic mass is 32.2. The number of fused-ring (bicyclic) bond motifs is 1. The minimum Gasteiger partial charge on any atom is -0.341 e. The van der Waals surface area contributed by atoms with E-state index in [1.54, 1.807) is 11.9 Å². The first-order valence-electron chi connectivity index (χ1n) is 7.97. The highest BCUT2D eigenvalue weighted by molar-refractivity contribution is 7.99. The Labute approximate surface area is 140 Å². The van der Waals surface area contributed by atoms with Crippen molar-refractivity contribution in [1.82, 2.24) is 19.7 Å². The van der Waals surface area contributed by atoms with Crippen molar-refractivity contribution in [3.05, 3.63) is 5.82 Å². The van der Waals surface area contributed by atoms with Crippen LogP contribution in [0.1, 0.15) is 31.5 Å². The van der Waals surface area contributed by atoms with Crippen LogP contribution >= 0.6 is 11.8 Å². The molecule has 1 aromatic heterocycles. The van der Waals surface area contributed by atoms with E-state index >= 15 is 0 Å². The van der Waals surface area contributed by atoms with Gasteiger partial charge in [0.15, 0.2) is 15.0 Å². The molecule has 0 N–H and O–H groups in total. The number of hydrogen-bond donors (Lipinski definition) is 0. The molecule has 0 spiro atoms. The summed E-state index contributed by atoms with van der Waals surface area (Å²) in [5.41, 5.74) is 0. The van der Waals surface area contributed by atoms with Gasteiger partial charge in [-0.15, -0.1) is 10.2 Å². The standard InChI is InChI=1S/C14H22N4O3S2/c1-17(11-6-8-23(20,21)10-11)13(19)9-22-14-16-15-12-5-3-2-4-7-18(12)14/h11H,2-10H2,1H3/t11-/m1/s1. The Kier molecular flexibility index (Phi) is 4.96. The lowest BCUT2D eigenvalue weighted by molar-refractivity contribution is -0.128. The number of nitrogens with zero attached hydrogens (tertiary/aromatic N) is 4. The minimum atomic E-state index is -2.98. The van der Waals surface area contributed by atoms with Gasteiger partial charge in [0.05, 0.1) is 17.3 Å². The number of aryl methyl sites for hydroxylation is 1. The maximum atomic E-state index is 12.3. The maximum absolute atomic E-state index is 12.3. The van der Waals surface area contributed by atoms with Crippen LogP contribution in [-0.2, 0) is 27.6 Å².